The van der Waals surface area contributed by atoms with E-state index in [0.29, 0.717) is 6.42 Å². The highest BCUT2D eigenvalue weighted by Crippen LogP contribution is 2.45. The molecule has 1 aromatic carbocycles. The second-order valence-corrected chi connectivity index (χ2v) is 7.67. The molecule has 0 saturated heterocycles. The van der Waals surface area contributed by atoms with Crippen LogP contribution in [-0.2, 0) is 0 Å². The molecule has 0 aliphatic rings. The molecule has 0 amide bonds. The lowest BCUT2D eigenvalue weighted by atomic mass is 9.69. The van der Waals surface area contributed by atoms with Crippen molar-refractivity contribution in [1.82, 2.24) is 0 Å². The van der Waals surface area contributed by atoms with Gasteiger partial charge >= 0.3 is 0 Å². The van der Waals surface area contributed by atoms with Gasteiger partial charge in [0.15, 0.2) is 23.3 Å². The summed E-state index contributed by atoms with van der Waals surface area (Å²) in [6.45, 7) is 14.7. The molecule has 0 bridgehead atoms. The summed E-state index contributed by atoms with van der Waals surface area (Å²) in [5.41, 5.74) is -1.68. The topological polar surface area (TPSA) is 0 Å². The van der Waals surface area contributed by atoms with Gasteiger partial charge in [-0.25, -0.2) is 22.0 Å². The zero-order valence-corrected chi connectivity index (χ0v) is 15.2. The van der Waals surface area contributed by atoms with Crippen LogP contribution in [0.25, 0.3) is 0 Å². The Balaban J connectivity index is 0.00000232. The summed E-state index contributed by atoms with van der Waals surface area (Å²) in [6, 6.07) is 0. The Morgan fingerprint density at radius 2 is 0.957 bits per heavy atom. The highest BCUT2D eigenvalue weighted by atomic mass is 19.2. The SMILES string of the molecule is CC.CC(C)(C)CC(c1c(F)c(F)c(F)c(F)c1F)C(C)(C)C. The van der Waals surface area contributed by atoms with Gasteiger partial charge in [0.2, 0.25) is 5.82 Å². The summed E-state index contributed by atoms with van der Waals surface area (Å²) in [4.78, 5) is 0. The first kappa shape index (κ1) is 21.9. The molecule has 1 aromatic rings. The molecule has 5 heteroatoms. The first-order valence-corrected chi connectivity index (χ1v) is 7.78. The maximum absolute atomic E-state index is 14.0. The monoisotopic (exact) mass is 338 g/mol. The number of benzene rings is 1. The van der Waals surface area contributed by atoms with Crippen molar-refractivity contribution in [2.75, 3.05) is 0 Å². The van der Waals surface area contributed by atoms with Crippen LogP contribution >= 0.6 is 0 Å². The van der Waals surface area contributed by atoms with Crippen LogP contribution in [-0.4, -0.2) is 0 Å². The van der Waals surface area contributed by atoms with Gasteiger partial charge in [0.05, 0.1) is 0 Å². The quantitative estimate of drug-likeness (QED) is 0.310. The maximum Gasteiger partial charge on any atom is 0.200 e. The summed E-state index contributed by atoms with van der Waals surface area (Å²) in [5, 5.41) is 0. The Morgan fingerprint density at radius 3 is 1.22 bits per heavy atom. The molecule has 0 heterocycles. The Morgan fingerprint density at radius 1 is 0.652 bits per heavy atom. The summed E-state index contributed by atoms with van der Waals surface area (Å²) < 4.78 is 68.1. The lowest BCUT2D eigenvalue weighted by molar-refractivity contribution is 0.215. The minimum absolute atomic E-state index is 0.300. The third kappa shape index (κ3) is 5.18. The van der Waals surface area contributed by atoms with E-state index < -0.39 is 46.0 Å². The minimum atomic E-state index is -2.11. The summed E-state index contributed by atoms with van der Waals surface area (Å²) in [6.07, 6.45) is 0.300. The van der Waals surface area contributed by atoms with E-state index in [1.807, 2.05) is 34.6 Å². The van der Waals surface area contributed by atoms with Crippen molar-refractivity contribution in [3.63, 3.8) is 0 Å². The van der Waals surface area contributed by atoms with E-state index in [2.05, 4.69) is 0 Å². The first-order chi connectivity index (χ1) is 10.3. The molecule has 0 saturated carbocycles. The van der Waals surface area contributed by atoms with E-state index in [4.69, 9.17) is 0 Å². The fourth-order valence-electron chi connectivity index (χ4n) is 2.38. The number of hydrogen-bond acceptors (Lipinski definition) is 0. The van der Waals surface area contributed by atoms with E-state index >= 15 is 0 Å². The maximum atomic E-state index is 14.0. The summed E-state index contributed by atoms with van der Waals surface area (Å²) >= 11 is 0. The number of halogens is 5. The third-order valence-corrected chi connectivity index (χ3v) is 3.45. The Hall–Kier alpha value is -1.13. The van der Waals surface area contributed by atoms with Gasteiger partial charge in [-0.1, -0.05) is 55.4 Å². The van der Waals surface area contributed by atoms with Gasteiger partial charge in [-0.15, -0.1) is 0 Å². The van der Waals surface area contributed by atoms with Crippen LogP contribution in [0.3, 0.4) is 0 Å². The van der Waals surface area contributed by atoms with Crippen molar-refractivity contribution < 1.29 is 22.0 Å². The van der Waals surface area contributed by atoms with E-state index in [1.54, 1.807) is 20.8 Å². The first-order valence-electron chi connectivity index (χ1n) is 7.78. The molecule has 1 rings (SSSR count). The largest absolute Gasteiger partial charge is 0.203 e. The molecule has 0 aliphatic heterocycles. The molecule has 23 heavy (non-hydrogen) atoms. The average Bonchev–Trinajstić information content (AvgIpc) is 2.42. The van der Waals surface area contributed by atoms with Crippen molar-refractivity contribution in [3.05, 3.63) is 34.6 Å². The molecule has 0 aliphatic carbocycles. The minimum Gasteiger partial charge on any atom is -0.203 e. The second-order valence-electron chi connectivity index (χ2n) is 7.67. The molecule has 0 N–H and O–H groups in total. The molecular formula is C18H27F5. The Kier molecular flexibility index (Phi) is 7.25. The van der Waals surface area contributed by atoms with Crippen LogP contribution < -0.4 is 0 Å². The van der Waals surface area contributed by atoms with Gasteiger partial charge in [0.25, 0.3) is 0 Å². The standard InChI is InChI=1S/C16H21F5.C2H6/c1-15(2,3)7-8(16(4,5)6)9-10(17)12(19)14(21)13(20)11(9)18;1-2/h8H,7H2,1-6H3;1-2H3. The van der Waals surface area contributed by atoms with Crippen LogP contribution in [0.4, 0.5) is 22.0 Å². The van der Waals surface area contributed by atoms with Crippen molar-refractivity contribution in [2.45, 2.75) is 67.7 Å². The predicted molar refractivity (Wildman–Crippen MR) is 83.8 cm³/mol. The fourth-order valence-corrected chi connectivity index (χ4v) is 2.38. The molecule has 134 valence electrons. The third-order valence-electron chi connectivity index (χ3n) is 3.45. The van der Waals surface area contributed by atoms with E-state index in [0.717, 1.165) is 0 Å². The van der Waals surface area contributed by atoms with Crippen LogP contribution in [0, 0.1) is 39.9 Å². The lowest BCUT2D eigenvalue weighted by Crippen LogP contribution is -2.27. The van der Waals surface area contributed by atoms with Crippen LogP contribution in [0.5, 0.6) is 0 Å². The molecule has 0 radical (unpaired) electrons. The van der Waals surface area contributed by atoms with Crippen molar-refractivity contribution in [3.8, 4) is 0 Å². The van der Waals surface area contributed by atoms with Crippen molar-refractivity contribution in [2.24, 2.45) is 10.8 Å². The van der Waals surface area contributed by atoms with E-state index in [1.165, 1.54) is 0 Å². The van der Waals surface area contributed by atoms with Gasteiger partial charge in [-0.3, -0.25) is 0 Å². The normalized spacial score (nSPS) is 13.4. The van der Waals surface area contributed by atoms with E-state index in [9.17, 15) is 22.0 Å². The zero-order chi connectivity index (χ0) is 18.7. The Labute approximate surface area is 136 Å². The zero-order valence-electron chi connectivity index (χ0n) is 15.2. The Bertz CT molecular complexity index is 507. The van der Waals surface area contributed by atoms with Gasteiger partial charge in [0.1, 0.15) is 0 Å². The molecule has 1 unspecified atom stereocenters. The summed E-state index contributed by atoms with van der Waals surface area (Å²) in [5.74, 6) is -10.1. The average molecular weight is 338 g/mol. The number of rotatable bonds is 2. The summed E-state index contributed by atoms with van der Waals surface area (Å²) in [7, 11) is 0. The molecule has 0 aromatic heterocycles. The smallest absolute Gasteiger partial charge is 0.200 e. The number of hydrogen-bond donors (Lipinski definition) is 0. The van der Waals surface area contributed by atoms with E-state index in [-0.39, 0.29) is 5.41 Å². The van der Waals surface area contributed by atoms with Crippen LogP contribution in [0.15, 0.2) is 0 Å². The highest BCUT2D eigenvalue weighted by molar-refractivity contribution is 5.29. The molecular weight excluding hydrogens is 311 g/mol. The fraction of sp³-hybridized carbons (Fsp3) is 0.667. The van der Waals surface area contributed by atoms with Gasteiger partial charge in [-0.05, 0) is 23.2 Å². The highest BCUT2D eigenvalue weighted by Gasteiger charge is 2.38. The van der Waals surface area contributed by atoms with Gasteiger partial charge < -0.3 is 0 Å². The molecule has 1 atom stereocenters. The second kappa shape index (κ2) is 7.63. The molecule has 0 nitrogen and oxygen atoms in total. The van der Waals surface area contributed by atoms with Crippen LogP contribution in [0.1, 0.15) is 73.3 Å². The van der Waals surface area contributed by atoms with Gasteiger partial charge in [-0.2, -0.15) is 0 Å². The molecule has 0 spiro atoms. The van der Waals surface area contributed by atoms with Crippen molar-refractivity contribution in [1.29, 1.82) is 0 Å². The predicted octanol–water partition coefficient (Wildman–Crippen LogP) is 6.97. The molecule has 0 fully saturated rings. The van der Waals surface area contributed by atoms with Gasteiger partial charge in [0, 0.05) is 5.56 Å². The lowest BCUT2D eigenvalue weighted by Gasteiger charge is -2.36. The van der Waals surface area contributed by atoms with Crippen molar-refractivity contribution >= 4 is 0 Å². The van der Waals surface area contributed by atoms with Crippen LogP contribution in [0.2, 0.25) is 0 Å².